The second-order valence-electron chi connectivity index (χ2n) is 4.52. The highest BCUT2D eigenvalue weighted by Crippen LogP contribution is 2.33. The maximum Gasteiger partial charge on any atom is 0.419 e. The summed E-state index contributed by atoms with van der Waals surface area (Å²) in [5.41, 5.74) is 6.49. The van der Waals surface area contributed by atoms with E-state index in [1.165, 1.54) is 0 Å². The lowest BCUT2D eigenvalue weighted by atomic mass is 9.94. The Bertz CT molecular complexity index is 560. The van der Waals surface area contributed by atoms with Gasteiger partial charge in [0, 0.05) is 11.9 Å². The Morgan fingerprint density at radius 2 is 2.11 bits per heavy atom. The number of nitrogen functional groups attached to an aromatic ring is 1. The van der Waals surface area contributed by atoms with Crippen molar-refractivity contribution in [3.63, 3.8) is 0 Å². The number of nitrogens with one attached hydrogen (secondary N) is 1. The number of nitrogens with two attached hydrogens (primary N) is 1. The molecule has 0 bridgehead atoms. The van der Waals surface area contributed by atoms with Crippen molar-refractivity contribution in [3.05, 3.63) is 47.3 Å². The minimum atomic E-state index is -4.38. The number of hydrogen-bond acceptors (Lipinski definition) is 2. The summed E-state index contributed by atoms with van der Waals surface area (Å²) in [4.78, 5) is 0. The maximum absolute atomic E-state index is 12.7. The normalized spacial score (nSPS) is 13.5. The third-order valence-corrected chi connectivity index (χ3v) is 3.00. The first-order chi connectivity index (χ1) is 8.88. The number of anilines is 1. The lowest BCUT2D eigenvalue weighted by Gasteiger charge is -2.13. The molecular formula is C13H14F3N3. The second kappa shape index (κ2) is 4.95. The molecule has 1 heterocycles. The predicted octanol–water partition coefficient (Wildman–Crippen LogP) is 3.36. The zero-order valence-electron chi connectivity index (χ0n) is 10.3. The first-order valence-corrected chi connectivity index (χ1v) is 5.83. The van der Waals surface area contributed by atoms with Crippen LogP contribution in [0.4, 0.5) is 18.9 Å². The third kappa shape index (κ3) is 3.07. The molecule has 1 aromatic carbocycles. The van der Waals surface area contributed by atoms with Crippen LogP contribution in [0.3, 0.4) is 0 Å². The summed E-state index contributed by atoms with van der Waals surface area (Å²) in [7, 11) is 0. The van der Waals surface area contributed by atoms with Crippen molar-refractivity contribution < 1.29 is 13.2 Å². The molecule has 0 unspecified atom stereocenters. The average molecular weight is 269 g/mol. The summed E-state index contributed by atoms with van der Waals surface area (Å²) >= 11 is 0. The molecule has 19 heavy (non-hydrogen) atoms. The number of benzene rings is 1. The Kier molecular flexibility index (Phi) is 3.50. The van der Waals surface area contributed by atoms with E-state index in [1.807, 2.05) is 13.0 Å². The van der Waals surface area contributed by atoms with Gasteiger partial charge in [0.2, 0.25) is 0 Å². The molecule has 0 aliphatic rings. The number of aromatic amines is 1. The van der Waals surface area contributed by atoms with Gasteiger partial charge in [-0.25, -0.2) is 0 Å². The van der Waals surface area contributed by atoms with E-state index in [0.717, 1.165) is 11.8 Å². The molecule has 3 N–H and O–H groups in total. The second-order valence-corrected chi connectivity index (χ2v) is 4.52. The topological polar surface area (TPSA) is 54.7 Å². The van der Waals surface area contributed by atoms with Gasteiger partial charge in [-0.1, -0.05) is 19.1 Å². The van der Waals surface area contributed by atoms with Crippen molar-refractivity contribution in [1.29, 1.82) is 0 Å². The molecule has 1 aromatic heterocycles. The summed E-state index contributed by atoms with van der Waals surface area (Å²) < 4.78 is 38.2. The third-order valence-electron chi connectivity index (χ3n) is 3.00. The number of nitrogens with zero attached hydrogens (tertiary/aromatic N) is 1. The van der Waals surface area contributed by atoms with Crippen LogP contribution in [0.1, 0.15) is 29.7 Å². The van der Waals surface area contributed by atoms with E-state index in [4.69, 9.17) is 5.73 Å². The van der Waals surface area contributed by atoms with Gasteiger partial charge in [0.1, 0.15) is 0 Å². The highest BCUT2D eigenvalue weighted by molar-refractivity contribution is 5.42. The summed E-state index contributed by atoms with van der Waals surface area (Å²) in [6.07, 6.45) is -3.28. The van der Waals surface area contributed by atoms with Gasteiger partial charge in [-0.2, -0.15) is 18.3 Å². The van der Waals surface area contributed by atoms with Crippen molar-refractivity contribution in [2.75, 3.05) is 5.73 Å². The first-order valence-electron chi connectivity index (χ1n) is 5.83. The Hall–Kier alpha value is -1.98. The van der Waals surface area contributed by atoms with Crippen molar-refractivity contribution in [1.82, 2.24) is 10.2 Å². The molecule has 0 spiro atoms. The van der Waals surface area contributed by atoms with Gasteiger partial charge in [0.05, 0.1) is 11.3 Å². The monoisotopic (exact) mass is 269 g/mol. The quantitative estimate of drug-likeness (QED) is 0.839. The Morgan fingerprint density at radius 3 is 2.74 bits per heavy atom. The summed E-state index contributed by atoms with van der Waals surface area (Å²) in [6, 6.07) is 7.15. The number of halogens is 3. The van der Waals surface area contributed by atoms with Crippen LogP contribution in [0, 0.1) is 0 Å². The van der Waals surface area contributed by atoms with Gasteiger partial charge in [-0.15, -0.1) is 0 Å². The smallest absolute Gasteiger partial charge is 0.399 e. The van der Waals surface area contributed by atoms with Crippen molar-refractivity contribution >= 4 is 5.69 Å². The van der Waals surface area contributed by atoms with E-state index < -0.39 is 11.7 Å². The van der Waals surface area contributed by atoms with Crippen molar-refractivity contribution in [2.24, 2.45) is 0 Å². The van der Waals surface area contributed by atoms with Crippen LogP contribution in [0.25, 0.3) is 0 Å². The summed E-state index contributed by atoms with van der Waals surface area (Å²) in [6.45, 7) is 1.85. The van der Waals surface area contributed by atoms with Gasteiger partial charge in [-0.3, -0.25) is 5.10 Å². The molecule has 0 aliphatic carbocycles. The minimum absolute atomic E-state index is 0.0300. The molecule has 6 heteroatoms. The van der Waals surface area contributed by atoms with E-state index in [0.29, 0.717) is 5.69 Å². The molecule has 102 valence electrons. The molecule has 0 fully saturated rings. The summed E-state index contributed by atoms with van der Waals surface area (Å²) in [5.74, 6) is -0.0899. The Balaban J connectivity index is 2.20. The number of hydrogen-bond donors (Lipinski definition) is 2. The number of alkyl halides is 3. The standard InChI is InChI=1S/C13H14F3N3/c1-8(9-3-2-4-10(17)6-9)5-12-11(7-18-19-12)13(14,15)16/h2-4,6-8H,5,17H2,1H3,(H,18,19)/t8-/m1/s1. The van der Waals surface area contributed by atoms with Crippen LogP contribution in [-0.4, -0.2) is 10.2 Å². The van der Waals surface area contributed by atoms with E-state index in [1.54, 1.807) is 18.2 Å². The molecular weight excluding hydrogens is 255 g/mol. The van der Waals surface area contributed by atoms with E-state index in [2.05, 4.69) is 10.2 Å². The molecule has 0 aliphatic heterocycles. The maximum atomic E-state index is 12.7. The Labute approximate surface area is 108 Å². The molecule has 0 amide bonds. The fourth-order valence-corrected chi connectivity index (χ4v) is 1.99. The number of H-pyrrole nitrogens is 1. The van der Waals surface area contributed by atoms with Crippen LogP contribution in [0.5, 0.6) is 0 Å². The van der Waals surface area contributed by atoms with Crippen LogP contribution in [-0.2, 0) is 12.6 Å². The minimum Gasteiger partial charge on any atom is -0.399 e. The van der Waals surface area contributed by atoms with Gasteiger partial charge < -0.3 is 5.73 Å². The summed E-state index contributed by atoms with van der Waals surface area (Å²) in [5, 5.41) is 5.97. The fraction of sp³-hybridized carbons (Fsp3) is 0.308. The van der Waals surface area contributed by atoms with Gasteiger partial charge in [0.15, 0.2) is 0 Å². The lowest BCUT2D eigenvalue weighted by Crippen LogP contribution is -2.09. The van der Waals surface area contributed by atoms with Gasteiger partial charge in [0.25, 0.3) is 0 Å². The average Bonchev–Trinajstić information content (AvgIpc) is 2.77. The predicted molar refractivity (Wildman–Crippen MR) is 66.6 cm³/mol. The SMILES string of the molecule is C[C@H](Cc1n[nH]cc1C(F)(F)F)c1cccc(N)c1. The van der Waals surface area contributed by atoms with Crippen molar-refractivity contribution in [2.45, 2.75) is 25.4 Å². The lowest BCUT2D eigenvalue weighted by molar-refractivity contribution is -0.138. The first kappa shape index (κ1) is 13.5. The zero-order chi connectivity index (χ0) is 14.0. The van der Waals surface area contributed by atoms with Crippen LogP contribution < -0.4 is 5.73 Å². The number of aromatic nitrogens is 2. The van der Waals surface area contributed by atoms with Crippen LogP contribution in [0.15, 0.2) is 30.5 Å². The van der Waals surface area contributed by atoms with Crippen LogP contribution >= 0.6 is 0 Å². The molecule has 0 saturated heterocycles. The van der Waals surface area contributed by atoms with E-state index >= 15 is 0 Å². The molecule has 1 atom stereocenters. The van der Waals surface area contributed by atoms with Gasteiger partial charge in [-0.05, 0) is 30.0 Å². The highest BCUT2D eigenvalue weighted by Gasteiger charge is 2.35. The van der Waals surface area contributed by atoms with Gasteiger partial charge >= 0.3 is 6.18 Å². The Morgan fingerprint density at radius 1 is 1.37 bits per heavy atom. The number of rotatable bonds is 3. The van der Waals surface area contributed by atoms with Crippen LogP contribution in [0.2, 0.25) is 0 Å². The molecule has 2 aromatic rings. The van der Waals surface area contributed by atoms with E-state index in [-0.39, 0.29) is 18.0 Å². The molecule has 3 nitrogen and oxygen atoms in total. The molecule has 2 rings (SSSR count). The van der Waals surface area contributed by atoms with Crippen molar-refractivity contribution in [3.8, 4) is 0 Å². The fourth-order valence-electron chi connectivity index (χ4n) is 1.99. The molecule has 0 radical (unpaired) electrons. The zero-order valence-corrected chi connectivity index (χ0v) is 10.3. The molecule has 0 saturated carbocycles. The largest absolute Gasteiger partial charge is 0.419 e. The highest BCUT2D eigenvalue weighted by atomic mass is 19.4. The van der Waals surface area contributed by atoms with E-state index in [9.17, 15) is 13.2 Å².